The van der Waals surface area contributed by atoms with Crippen LogP contribution in [0.15, 0.2) is 12.2 Å². The molecule has 0 aromatic carbocycles. The van der Waals surface area contributed by atoms with Crippen molar-refractivity contribution in [3.63, 3.8) is 0 Å². The highest BCUT2D eigenvalue weighted by molar-refractivity contribution is 5.89. The molecule has 1 heterocycles. The molecule has 4 rings (SSSR count). The van der Waals surface area contributed by atoms with Gasteiger partial charge in [0.05, 0.1) is 0 Å². The van der Waals surface area contributed by atoms with E-state index in [2.05, 4.69) is 52.9 Å². The van der Waals surface area contributed by atoms with E-state index in [1.807, 2.05) is 6.08 Å². The summed E-state index contributed by atoms with van der Waals surface area (Å²) in [4.78, 5) is 11.9. The zero-order valence-electron chi connectivity index (χ0n) is 17.1. The molecule has 0 radical (unpaired) electrons. The molecule has 1 N–H and O–H groups in total. The smallest absolute Gasteiger partial charge is 0.243 e. The Bertz CT molecular complexity index is 602. The molecule has 2 nitrogen and oxygen atoms in total. The zero-order chi connectivity index (χ0) is 18.2. The standard InChI is InChI=1S/C23H37NO/c1-14-13-18-23(6,12-10-19(25)24-18)16-9-11-22(5)15(20(14)16)7-8-17(22)21(2,3)4/h10,12,14-18,20H,7-9,11,13H2,1-6H3,(H,24,25)/t14?,15-,16+,17?,18?,20-,22-,23+/m0/s1. The Morgan fingerprint density at radius 2 is 1.84 bits per heavy atom. The van der Waals surface area contributed by atoms with Crippen molar-refractivity contribution in [2.75, 3.05) is 0 Å². The molecule has 0 saturated heterocycles. The van der Waals surface area contributed by atoms with Crippen LogP contribution in [0.1, 0.15) is 73.6 Å². The number of rotatable bonds is 0. The molecule has 25 heavy (non-hydrogen) atoms. The van der Waals surface area contributed by atoms with Crippen LogP contribution in [0.2, 0.25) is 0 Å². The van der Waals surface area contributed by atoms with Crippen molar-refractivity contribution in [2.45, 2.75) is 79.7 Å². The molecule has 0 aromatic rings. The molecule has 3 unspecified atom stereocenters. The summed E-state index contributed by atoms with van der Waals surface area (Å²) in [6.07, 6.45) is 10.8. The van der Waals surface area contributed by atoms with Gasteiger partial charge in [0.2, 0.25) is 5.91 Å². The van der Waals surface area contributed by atoms with Crippen LogP contribution in [0.3, 0.4) is 0 Å². The second-order valence-corrected chi connectivity index (χ2v) is 11.3. The van der Waals surface area contributed by atoms with Crippen molar-refractivity contribution < 1.29 is 4.79 Å². The van der Waals surface area contributed by atoms with Crippen LogP contribution in [0, 0.1) is 45.8 Å². The fraction of sp³-hybridized carbons (Fsp3) is 0.870. The number of amides is 1. The first-order valence-electron chi connectivity index (χ1n) is 10.6. The Morgan fingerprint density at radius 1 is 1.12 bits per heavy atom. The molecule has 2 heteroatoms. The highest BCUT2D eigenvalue weighted by atomic mass is 16.1. The number of fused-ring (bicyclic) bond motifs is 5. The molecule has 0 aromatic heterocycles. The van der Waals surface area contributed by atoms with E-state index in [4.69, 9.17) is 0 Å². The lowest BCUT2D eigenvalue weighted by atomic mass is 9.45. The van der Waals surface area contributed by atoms with Gasteiger partial charge in [-0.2, -0.15) is 0 Å². The van der Waals surface area contributed by atoms with Gasteiger partial charge in [-0.05, 0) is 78.6 Å². The van der Waals surface area contributed by atoms with Crippen LogP contribution >= 0.6 is 0 Å². The predicted octanol–water partition coefficient (Wildman–Crippen LogP) is 5.19. The minimum Gasteiger partial charge on any atom is -0.349 e. The topological polar surface area (TPSA) is 29.1 Å². The molecular weight excluding hydrogens is 306 g/mol. The maximum absolute atomic E-state index is 11.9. The van der Waals surface area contributed by atoms with E-state index in [1.165, 1.54) is 25.7 Å². The highest BCUT2D eigenvalue weighted by Crippen LogP contribution is 2.68. The molecule has 1 aliphatic heterocycles. The van der Waals surface area contributed by atoms with Crippen molar-refractivity contribution in [1.82, 2.24) is 5.32 Å². The normalized spacial score (nSPS) is 52.2. The Morgan fingerprint density at radius 3 is 2.52 bits per heavy atom. The summed E-state index contributed by atoms with van der Waals surface area (Å²) in [5.74, 6) is 4.11. The van der Waals surface area contributed by atoms with Gasteiger partial charge in [-0.3, -0.25) is 4.79 Å². The summed E-state index contributed by atoms with van der Waals surface area (Å²) in [5, 5.41) is 3.30. The van der Waals surface area contributed by atoms with E-state index in [1.54, 1.807) is 0 Å². The molecule has 140 valence electrons. The third-order valence-corrected chi connectivity index (χ3v) is 9.10. The maximum Gasteiger partial charge on any atom is 0.243 e. The van der Waals surface area contributed by atoms with E-state index in [0.717, 1.165) is 36.0 Å². The molecule has 4 aliphatic rings. The van der Waals surface area contributed by atoms with Crippen LogP contribution in [0.4, 0.5) is 0 Å². The lowest BCUT2D eigenvalue weighted by Crippen LogP contribution is -2.61. The van der Waals surface area contributed by atoms with E-state index in [-0.39, 0.29) is 11.3 Å². The van der Waals surface area contributed by atoms with Crippen LogP contribution in [-0.2, 0) is 4.79 Å². The van der Waals surface area contributed by atoms with Crippen molar-refractivity contribution >= 4 is 5.91 Å². The van der Waals surface area contributed by atoms with Gasteiger partial charge >= 0.3 is 0 Å². The maximum atomic E-state index is 11.9. The summed E-state index contributed by atoms with van der Waals surface area (Å²) < 4.78 is 0. The van der Waals surface area contributed by atoms with Crippen molar-refractivity contribution in [3.05, 3.63) is 12.2 Å². The quantitative estimate of drug-likeness (QED) is 0.644. The highest BCUT2D eigenvalue weighted by Gasteiger charge is 2.62. The van der Waals surface area contributed by atoms with Gasteiger partial charge in [0, 0.05) is 11.5 Å². The number of carbonyl (C=O) groups excluding carboxylic acids is 1. The van der Waals surface area contributed by atoms with Gasteiger partial charge in [-0.25, -0.2) is 0 Å². The van der Waals surface area contributed by atoms with Crippen LogP contribution in [-0.4, -0.2) is 11.9 Å². The van der Waals surface area contributed by atoms with Crippen molar-refractivity contribution in [2.24, 2.45) is 45.8 Å². The predicted molar refractivity (Wildman–Crippen MR) is 103 cm³/mol. The van der Waals surface area contributed by atoms with Gasteiger partial charge in [0.25, 0.3) is 0 Å². The molecule has 1 amide bonds. The first-order chi connectivity index (χ1) is 11.6. The molecule has 0 bridgehead atoms. The average molecular weight is 344 g/mol. The van der Waals surface area contributed by atoms with Gasteiger partial charge in [0.1, 0.15) is 0 Å². The number of nitrogens with one attached hydrogen (secondary N) is 1. The summed E-state index contributed by atoms with van der Waals surface area (Å²) in [7, 11) is 0. The third-order valence-electron chi connectivity index (χ3n) is 9.10. The minimum absolute atomic E-state index is 0.113. The minimum atomic E-state index is 0.113. The fourth-order valence-electron chi connectivity index (χ4n) is 8.11. The van der Waals surface area contributed by atoms with Crippen molar-refractivity contribution in [3.8, 4) is 0 Å². The molecule has 8 atom stereocenters. The molecule has 3 saturated carbocycles. The fourth-order valence-corrected chi connectivity index (χ4v) is 8.11. The lowest BCUT2D eigenvalue weighted by Gasteiger charge is -2.61. The van der Waals surface area contributed by atoms with Gasteiger partial charge in [-0.1, -0.05) is 47.6 Å². The Labute approximate surface area is 154 Å². The lowest BCUT2D eigenvalue weighted by molar-refractivity contribution is -0.127. The van der Waals surface area contributed by atoms with Crippen LogP contribution < -0.4 is 5.32 Å². The summed E-state index contributed by atoms with van der Waals surface area (Å²) in [5.41, 5.74) is 1.09. The van der Waals surface area contributed by atoms with E-state index in [9.17, 15) is 4.79 Å². The number of hydrogen-bond acceptors (Lipinski definition) is 1. The Kier molecular flexibility index (Phi) is 3.78. The third kappa shape index (κ3) is 2.38. The summed E-state index contributed by atoms with van der Waals surface area (Å²) in [6, 6.07) is 0.338. The summed E-state index contributed by atoms with van der Waals surface area (Å²) >= 11 is 0. The molecular formula is C23H37NO. The Hall–Kier alpha value is -0.790. The van der Waals surface area contributed by atoms with E-state index >= 15 is 0 Å². The van der Waals surface area contributed by atoms with Gasteiger partial charge in [0.15, 0.2) is 0 Å². The first kappa shape index (κ1) is 17.6. The molecule has 0 spiro atoms. The van der Waals surface area contributed by atoms with E-state index in [0.29, 0.717) is 16.9 Å². The van der Waals surface area contributed by atoms with E-state index < -0.39 is 0 Å². The SMILES string of the molecule is CC1CC2NC(=O)C=C[C@]2(C)[C@@H]2CC[C@]3(C)C(C(C)(C)C)CC[C@H]3[C@H]12. The number of hydrogen-bond donors (Lipinski definition) is 1. The van der Waals surface area contributed by atoms with Crippen LogP contribution in [0.25, 0.3) is 0 Å². The molecule has 3 fully saturated rings. The second-order valence-electron chi connectivity index (χ2n) is 11.3. The monoisotopic (exact) mass is 343 g/mol. The van der Waals surface area contributed by atoms with Crippen LogP contribution in [0.5, 0.6) is 0 Å². The largest absolute Gasteiger partial charge is 0.349 e. The van der Waals surface area contributed by atoms with Gasteiger partial charge < -0.3 is 5.32 Å². The second kappa shape index (κ2) is 5.36. The van der Waals surface area contributed by atoms with Crippen molar-refractivity contribution in [1.29, 1.82) is 0 Å². The summed E-state index contributed by atoms with van der Waals surface area (Å²) in [6.45, 7) is 14.9. The average Bonchev–Trinajstić information content (AvgIpc) is 2.86. The Balaban J connectivity index is 1.70. The zero-order valence-corrected chi connectivity index (χ0v) is 17.1. The molecule has 3 aliphatic carbocycles. The number of carbonyl (C=O) groups is 1. The van der Waals surface area contributed by atoms with Gasteiger partial charge in [-0.15, -0.1) is 0 Å². The first-order valence-corrected chi connectivity index (χ1v) is 10.6.